The summed E-state index contributed by atoms with van der Waals surface area (Å²) in [6, 6.07) is 15.5. The van der Waals surface area contributed by atoms with Crippen LogP contribution < -0.4 is 0 Å². The van der Waals surface area contributed by atoms with Gasteiger partial charge >= 0.3 is 0 Å². The van der Waals surface area contributed by atoms with E-state index in [-0.39, 0.29) is 17.2 Å². The van der Waals surface area contributed by atoms with Crippen molar-refractivity contribution < 1.29 is 13.2 Å². The second-order valence-electron chi connectivity index (χ2n) is 6.94. The van der Waals surface area contributed by atoms with Gasteiger partial charge in [0.25, 0.3) is 0 Å². The van der Waals surface area contributed by atoms with Crippen molar-refractivity contribution in [3.05, 3.63) is 65.7 Å². The van der Waals surface area contributed by atoms with Crippen molar-refractivity contribution >= 4 is 15.6 Å². The van der Waals surface area contributed by atoms with Gasteiger partial charge in [-0.05, 0) is 45.0 Å². The molecule has 2 aromatic carbocycles. The predicted octanol–water partition coefficient (Wildman–Crippen LogP) is 3.51. The van der Waals surface area contributed by atoms with Gasteiger partial charge in [-0.15, -0.1) is 0 Å². The minimum Gasteiger partial charge on any atom is -0.302 e. The molecule has 0 aliphatic carbocycles. The van der Waals surface area contributed by atoms with Crippen LogP contribution in [0.4, 0.5) is 0 Å². The van der Waals surface area contributed by atoms with Crippen LogP contribution in [0.2, 0.25) is 0 Å². The minimum atomic E-state index is -3.76. The number of sulfone groups is 1. The Bertz CT molecular complexity index is 839. The van der Waals surface area contributed by atoms with E-state index >= 15 is 0 Å². The monoisotopic (exact) mass is 371 g/mol. The standard InChI is InChI=1S/C21H25NO3S/c1-17-10-12-19(13-11-17)26(24,25)20(16-22-14-6-3-7-15-22)21(23)18-8-4-2-5-9-18/h2,4-5,8-13,20H,3,6-7,14-16H2,1H3. The summed E-state index contributed by atoms with van der Waals surface area (Å²) >= 11 is 0. The molecule has 1 atom stereocenters. The molecular formula is C21H25NO3S. The summed E-state index contributed by atoms with van der Waals surface area (Å²) in [5.41, 5.74) is 1.44. The lowest BCUT2D eigenvalue weighted by Gasteiger charge is -2.29. The molecule has 0 radical (unpaired) electrons. The van der Waals surface area contributed by atoms with Gasteiger partial charge in [0, 0.05) is 12.1 Å². The van der Waals surface area contributed by atoms with Gasteiger partial charge in [0.1, 0.15) is 5.25 Å². The summed E-state index contributed by atoms with van der Waals surface area (Å²) in [5, 5.41) is -1.08. The Morgan fingerprint density at radius 2 is 1.58 bits per heavy atom. The van der Waals surface area contributed by atoms with Crippen LogP contribution in [0.1, 0.15) is 35.2 Å². The third-order valence-corrected chi connectivity index (χ3v) is 6.99. The van der Waals surface area contributed by atoms with Gasteiger partial charge in [-0.2, -0.15) is 0 Å². The number of benzene rings is 2. The number of nitrogens with zero attached hydrogens (tertiary/aromatic N) is 1. The van der Waals surface area contributed by atoms with Gasteiger partial charge < -0.3 is 4.90 Å². The number of aryl methyl sites for hydroxylation is 1. The highest BCUT2D eigenvalue weighted by molar-refractivity contribution is 7.92. The highest BCUT2D eigenvalue weighted by Gasteiger charge is 2.36. The third kappa shape index (κ3) is 4.22. The second-order valence-corrected chi connectivity index (χ2v) is 9.07. The molecule has 2 aromatic rings. The molecule has 1 fully saturated rings. The van der Waals surface area contributed by atoms with Gasteiger partial charge in [0.2, 0.25) is 0 Å². The summed E-state index contributed by atoms with van der Waals surface area (Å²) in [4.78, 5) is 15.4. The smallest absolute Gasteiger partial charge is 0.189 e. The predicted molar refractivity (Wildman–Crippen MR) is 103 cm³/mol. The topological polar surface area (TPSA) is 54.5 Å². The van der Waals surface area contributed by atoms with Crippen molar-refractivity contribution in [2.24, 2.45) is 0 Å². The number of hydrogen-bond donors (Lipinski definition) is 0. The molecule has 0 saturated carbocycles. The highest BCUT2D eigenvalue weighted by Crippen LogP contribution is 2.22. The first-order chi connectivity index (χ1) is 12.5. The second kappa shape index (κ2) is 8.14. The van der Waals surface area contributed by atoms with E-state index < -0.39 is 15.1 Å². The Balaban J connectivity index is 1.95. The van der Waals surface area contributed by atoms with Gasteiger partial charge in [-0.25, -0.2) is 8.42 Å². The lowest BCUT2D eigenvalue weighted by Crippen LogP contribution is -2.44. The summed E-state index contributed by atoms with van der Waals surface area (Å²) in [6.07, 6.45) is 3.27. The molecule has 0 N–H and O–H groups in total. The number of likely N-dealkylation sites (tertiary alicyclic amines) is 1. The fourth-order valence-corrected chi connectivity index (χ4v) is 5.05. The number of carbonyl (C=O) groups is 1. The third-order valence-electron chi connectivity index (χ3n) is 4.95. The zero-order valence-corrected chi connectivity index (χ0v) is 15.9. The van der Waals surface area contributed by atoms with E-state index in [1.807, 2.05) is 13.0 Å². The zero-order valence-electron chi connectivity index (χ0n) is 15.1. The number of hydrogen-bond acceptors (Lipinski definition) is 4. The first-order valence-electron chi connectivity index (χ1n) is 9.10. The van der Waals surface area contributed by atoms with Gasteiger partial charge in [0.05, 0.1) is 4.90 Å². The fraction of sp³-hybridized carbons (Fsp3) is 0.381. The molecular weight excluding hydrogens is 346 g/mol. The first-order valence-corrected chi connectivity index (χ1v) is 10.7. The van der Waals surface area contributed by atoms with Crippen molar-refractivity contribution in [1.82, 2.24) is 4.90 Å². The van der Waals surface area contributed by atoms with E-state index in [1.54, 1.807) is 48.5 Å². The summed E-state index contributed by atoms with van der Waals surface area (Å²) in [7, 11) is -3.76. The van der Waals surface area contributed by atoms with E-state index in [0.717, 1.165) is 31.5 Å². The highest BCUT2D eigenvalue weighted by atomic mass is 32.2. The number of piperidine rings is 1. The van der Waals surface area contributed by atoms with Crippen molar-refractivity contribution in [3.8, 4) is 0 Å². The van der Waals surface area contributed by atoms with E-state index in [0.29, 0.717) is 5.56 Å². The van der Waals surface area contributed by atoms with E-state index in [1.165, 1.54) is 6.42 Å². The molecule has 5 heteroatoms. The maximum Gasteiger partial charge on any atom is 0.189 e. The van der Waals surface area contributed by atoms with Crippen LogP contribution in [0.3, 0.4) is 0 Å². The molecule has 1 aliphatic heterocycles. The van der Waals surface area contributed by atoms with E-state index in [4.69, 9.17) is 0 Å². The van der Waals surface area contributed by atoms with Gasteiger partial charge in [-0.1, -0.05) is 54.4 Å². The van der Waals surface area contributed by atoms with Crippen LogP contribution in [0, 0.1) is 6.92 Å². The van der Waals surface area contributed by atoms with Crippen molar-refractivity contribution in [1.29, 1.82) is 0 Å². The van der Waals surface area contributed by atoms with Crippen LogP contribution in [-0.4, -0.2) is 44.0 Å². The van der Waals surface area contributed by atoms with Crippen molar-refractivity contribution in [2.45, 2.75) is 36.3 Å². The van der Waals surface area contributed by atoms with Crippen LogP contribution in [0.25, 0.3) is 0 Å². The molecule has 0 amide bonds. The summed E-state index contributed by atoms with van der Waals surface area (Å²) < 4.78 is 26.6. The van der Waals surface area contributed by atoms with Crippen LogP contribution in [-0.2, 0) is 9.84 Å². The number of ketones is 1. The van der Waals surface area contributed by atoms with Crippen molar-refractivity contribution in [2.75, 3.05) is 19.6 Å². The number of Topliss-reactive ketones (excluding diaryl/α,β-unsaturated/α-hetero) is 1. The van der Waals surface area contributed by atoms with Gasteiger partial charge in [0.15, 0.2) is 15.6 Å². The Kier molecular flexibility index (Phi) is 5.89. The summed E-state index contributed by atoms with van der Waals surface area (Å²) in [6.45, 7) is 3.87. The quantitative estimate of drug-likeness (QED) is 0.729. The van der Waals surface area contributed by atoms with Gasteiger partial charge in [-0.3, -0.25) is 4.79 Å². The first kappa shape index (κ1) is 18.8. The average Bonchev–Trinajstić information content (AvgIpc) is 2.67. The Hall–Kier alpha value is -1.98. The zero-order chi connectivity index (χ0) is 18.6. The number of rotatable bonds is 6. The number of carbonyl (C=O) groups excluding carboxylic acids is 1. The largest absolute Gasteiger partial charge is 0.302 e. The Labute approximate surface area is 155 Å². The normalized spacial score (nSPS) is 17.0. The molecule has 4 nitrogen and oxygen atoms in total. The fourth-order valence-electron chi connectivity index (χ4n) is 3.38. The Morgan fingerprint density at radius 3 is 2.19 bits per heavy atom. The summed E-state index contributed by atoms with van der Waals surface area (Å²) in [5.74, 6) is -0.322. The van der Waals surface area contributed by atoms with Crippen molar-refractivity contribution in [3.63, 3.8) is 0 Å². The molecule has 3 rings (SSSR count). The maximum atomic E-state index is 13.3. The molecule has 0 spiro atoms. The molecule has 0 bridgehead atoms. The Morgan fingerprint density at radius 1 is 0.962 bits per heavy atom. The maximum absolute atomic E-state index is 13.3. The lowest BCUT2D eigenvalue weighted by molar-refractivity contribution is 0.0963. The van der Waals surface area contributed by atoms with E-state index in [9.17, 15) is 13.2 Å². The molecule has 1 aliphatic rings. The molecule has 0 aromatic heterocycles. The SMILES string of the molecule is Cc1ccc(S(=O)(=O)C(CN2CCCCC2)C(=O)c2ccccc2)cc1. The van der Waals surface area contributed by atoms with Crippen LogP contribution in [0.15, 0.2) is 59.5 Å². The van der Waals surface area contributed by atoms with E-state index in [2.05, 4.69) is 4.90 Å². The molecule has 1 saturated heterocycles. The molecule has 26 heavy (non-hydrogen) atoms. The van der Waals surface area contributed by atoms with Crippen LogP contribution >= 0.6 is 0 Å². The molecule has 1 unspecified atom stereocenters. The lowest BCUT2D eigenvalue weighted by atomic mass is 10.1. The molecule has 1 heterocycles. The minimum absolute atomic E-state index is 0.217. The average molecular weight is 372 g/mol. The molecule has 138 valence electrons. The van der Waals surface area contributed by atoms with Crippen LogP contribution in [0.5, 0.6) is 0 Å².